The Morgan fingerprint density at radius 3 is 2.83 bits per heavy atom. The van der Waals surface area contributed by atoms with Gasteiger partial charge in [-0.1, -0.05) is 18.3 Å². The quantitative estimate of drug-likeness (QED) is 0.307. The normalized spacial score (nSPS) is 10.6. The molecule has 0 heterocycles. The van der Waals surface area contributed by atoms with Gasteiger partial charge in [-0.05, 0) is 6.92 Å². The van der Waals surface area contributed by atoms with Crippen molar-refractivity contribution in [2.45, 2.75) is 6.92 Å². The molecule has 0 radical (unpaired) electrons. The van der Waals surface area contributed by atoms with E-state index in [0.29, 0.717) is 23.7 Å². The van der Waals surface area contributed by atoms with E-state index in [0.717, 1.165) is 0 Å². The van der Waals surface area contributed by atoms with Crippen LogP contribution in [0.25, 0.3) is 0 Å². The monoisotopic (exact) mass is 184 g/mol. The van der Waals surface area contributed by atoms with Gasteiger partial charge in [0.15, 0.2) is 0 Å². The van der Waals surface area contributed by atoms with Crippen molar-refractivity contribution in [1.82, 2.24) is 5.32 Å². The van der Waals surface area contributed by atoms with Gasteiger partial charge in [-0.2, -0.15) is 5.26 Å². The van der Waals surface area contributed by atoms with Gasteiger partial charge in [-0.15, -0.1) is 0 Å². The highest BCUT2D eigenvalue weighted by atomic mass is 32.1. The largest absolute Gasteiger partial charge is 0.383 e. The van der Waals surface area contributed by atoms with Crippen molar-refractivity contribution in [2.75, 3.05) is 20.3 Å². The molecule has 0 aliphatic carbocycles. The lowest BCUT2D eigenvalue weighted by Crippen LogP contribution is -2.26. The maximum absolute atomic E-state index is 8.58. The molecule has 66 valence electrons. The number of ether oxygens (including phenoxy) is 1. The summed E-state index contributed by atoms with van der Waals surface area (Å²) in [4.78, 5) is 0.483. The van der Waals surface area contributed by atoms with Crippen molar-refractivity contribution >= 4 is 17.2 Å². The maximum Gasteiger partial charge on any atom is 0.117 e. The zero-order valence-electron chi connectivity index (χ0n) is 7.26. The molecule has 0 saturated carbocycles. The van der Waals surface area contributed by atoms with E-state index in [1.165, 1.54) is 0 Å². The first-order valence-corrected chi connectivity index (χ1v) is 4.00. The van der Waals surface area contributed by atoms with Gasteiger partial charge in [0.25, 0.3) is 0 Å². The van der Waals surface area contributed by atoms with E-state index in [-0.39, 0.29) is 0 Å². The number of allylic oxidation sites excluding steroid dienone is 1. The lowest BCUT2D eigenvalue weighted by molar-refractivity contribution is 0.204. The van der Waals surface area contributed by atoms with E-state index < -0.39 is 0 Å². The number of methoxy groups -OCH3 is 1. The zero-order valence-corrected chi connectivity index (χ0v) is 8.07. The number of hydrogen-bond donors (Lipinski definition) is 1. The number of nitrogens with one attached hydrogen (secondary N) is 1. The Morgan fingerprint density at radius 1 is 1.75 bits per heavy atom. The van der Waals surface area contributed by atoms with Crippen LogP contribution in [0.4, 0.5) is 0 Å². The summed E-state index contributed by atoms with van der Waals surface area (Å²) in [5.41, 5.74) is 0.501. The number of rotatable bonds is 4. The predicted molar refractivity (Wildman–Crippen MR) is 51.8 cm³/mol. The summed E-state index contributed by atoms with van der Waals surface area (Å²) >= 11 is 4.93. The van der Waals surface area contributed by atoms with Gasteiger partial charge in [0.05, 0.1) is 12.2 Å². The smallest absolute Gasteiger partial charge is 0.117 e. The van der Waals surface area contributed by atoms with Crippen molar-refractivity contribution < 1.29 is 4.74 Å². The van der Waals surface area contributed by atoms with E-state index in [2.05, 4.69) is 5.32 Å². The standard InChI is InChI=1S/C8H12N2OS/c1-3-7(6-9)8(12)10-4-5-11-2/h3H,4-5H2,1-2H3,(H,10,12)/b7-3+. The second kappa shape index (κ2) is 6.77. The second-order valence-electron chi connectivity index (χ2n) is 2.06. The minimum atomic E-state index is 0.483. The molecule has 0 aromatic rings. The summed E-state index contributed by atoms with van der Waals surface area (Å²) in [6.45, 7) is 3.00. The molecule has 0 rings (SSSR count). The van der Waals surface area contributed by atoms with Crippen LogP contribution in [0.3, 0.4) is 0 Å². The molecule has 3 nitrogen and oxygen atoms in total. The molecule has 0 bridgehead atoms. The van der Waals surface area contributed by atoms with Gasteiger partial charge in [0.2, 0.25) is 0 Å². The number of nitriles is 1. The first-order chi connectivity index (χ1) is 5.76. The Labute approximate surface area is 78.0 Å². The summed E-state index contributed by atoms with van der Waals surface area (Å²) in [5.74, 6) is 0. The first kappa shape index (κ1) is 11.1. The van der Waals surface area contributed by atoms with Crippen LogP contribution >= 0.6 is 12.2 Å². The molecule has 12 heavy (non-hydrogen) atoms. The van der Waals surface area contributed by atoms with Crippen molar-refractivity contribution in [1.29, 1.82) is 5.26 Å². The topological polar surface area (TPSA) is 45.0 Å². The fraction of sp³-hybridized carbons (Fsp3) is 0.500. The Kier molecular flexibility index (Phi) is 6.25. The minimum Gasteiger partial charge on any atom is -0.383 e. The number of thiocarbonyl (C=S) groups is 1. The van der Waals surface area contributed by atoms with E-state index in [1.54, 1.807) is 20.1 Å². The predicted octanol–water partition coefficient (Wildman–Crippen LogP) is 1.02. The zero-order chi connectivity index (χ0) is 9.40. The second-order valence-corrected chi connectivity index (χ2v) is 2.47. The molecule has 0 aliphatic heterocycles. The highest BCUT2D eigenvalue weighted by molar-refractivity contribution is 7.80. The lowest BCUT2D eigenvalue weighted by atomic mass is 10.3. The third kappa shape index (κ3) is 4.06. The van der Waals surface area contributed by atoms with Gasteiger partial charge in [0.1, 0.15) is 11.1 Å². The fourth-order valence-corrected chi connectivity index (χ4v) is 0.874. The average molecular weight is 184 g/mol. The van der Waals surface area contributed by atoms with Crippen LogP contribution in [0.1, 0.15) is 6.92 Å². The third-order valence-corrected chi connectivity index (χ3v) is 1.61. The van der Waals surface area contributed by atoms with Gasteiger partial charge in [-0.3, -0.25) is 0 Å². The van der Waals surface area contributed by atoms with Crippen molar-refractivity contribution in [2.24, 2.45) is 0 Å². The van der Waals surface area contributed by atoms with Crippen molar-refractivity contribution in [3.8, 4) is 6.07 Å². The van der Waals surface area contributed by atoms with Crippen LogP contribution in [0.5, 0.6) is 0 Å². The first-order valence-electron chi connectivity index (χ1n) is 3.59. The summed E-state index contributed by atoms with van der Waals surface area (Å²) in [5, 5.41) is 11.5. The molecule has 0 aromatic heterocycles. The number of hydrogen-bond acceptors (Lipinski definition) is 3. The fourth-order valence-electron chi connectivity index (χ4n) is 0.608. The molecule has 0 saturated heterocycles. The Morgan fingerprint density at radius 2 is 2.42 bits per heavy atom. The highest BCUT2D eigenvalue weighted by Gasteiger charge is 2.00. The molecule has 0 aliphatic rings. The van der Waals surface area contributed by atoms with Gasteiger partial charge < -0.3 is 10.1 Å². The van der Waals surface area contributed by atoms with Crippen molar-refractivity contribution in [3.63, 3.8) is 0 Å². The van der Waals surface area contributed by atoms with E-state index in [1.807, 2.05) is 6.07 Å². The van der Waals surface area contributed by atoms with Crippen LogP contribution in [0.15, 0.2) is 11.6 Å². The van der Waals surface area contributed by atoms with Crippen LogP contribution in [-0.2, 0) is 4.74 Å². The Balaban J connectivity index is 3.81. The summed E-state index contributed by atoms with van der Waals surface area (Å²) < 4.78 is 4.81. The Hall–Kier alpha value is -0.920. The van der Waals surface area contributed by atoms with E-state index in [4.69, 9.17) is 22.2 Å². The molecule has 0 aromatic carbocycles. The Bertz CT molecular complexity index is 218. The minimum absolute atomic E-state index is 0.483. The SMILES string of the molecule is C/C=C(\C#N)C(=S)NCCOC. The molecule has 0 atom stereocenters. The maximum atomic E-state index is 8.58. The molecule has 0 fully saturated rings. The van der Waals surface area contributed by atoms with Crippen LogP contribution < -0.4 is 5.32 Å². The molecular formula is C8H12N2OS. The summed E-state index contributed by atoms with van der Waals surface area (Å²) in [6.07, 6.45) is 1.68. The van der Waals surface area contributed by atoms with Crippen LogP contribution in [-0.4, -0.2) is 25.2 Å². The van der Waals surface area contributed by atoms with Gasteiger partial charge in [-0.25, -0.2) is 0 Å². The summed E-state index contributed by atoms with van der Waals surface area (Å²) in [7, 11) is 1.62. The number of nitrogens with zero attached hydrogens (tertiary/aromatic N) is 1. The lowest BCUT2D eigenvalue weighted by Gasteiger charge is -2.04. The highest BCUT2D eigenvalue weighted by Crippen LogP contribution is 1.93. The van der Waals surface area contributed by atoms with Crippen LogP contribution in [0, 0.1) is 11.3 Å². The molecule has 4 heteroatoms. The average Bonchev–Trinajstić information content (AvgIpc) is 2.07. The molecule has 0 unspecified atom stereocenters. The molecule has 1 N–H and O–H groups in total. The molecular weight excluding hydrogens is 172 g/mol. The van der Waals surface area contributed by atoms with E-state index >= 15 is 0 Å². The summed E-state index contributed by atoms with van der Waals surface area (Å²) in [6, 6.07) is 1.99. The molecule has 0 amide bonds. The van der Waals surface area contributed by atoms with Crippen molar-refractivity contribution in [3.05, 3.63) is 11.6 Å². The molecule has 0 spiro atoms. The van der Waals surface area contributed by atoms with Gasteiger partial charge >= 0.3 is 0 Å². The third-order valence-electron chi connectivity index (χ3n) is 1.25. The van der Waals surface area contributed by atoms with Gasteiger partial charge in [0, 0.05) is 13.7 Å². The van der Waals surface area contributed by atoms with Crippen LogP contribution in [0.2, 0.25) is 0 Å². The van der Waals surface area contributed by atoms with E-state index in [9.17, 15) is 0 Å².